The average Bonchev–Trinajstić information content (AvgIpc) is 3.30. The Balaban J connectivity index is 1.18. The van der Waals surface area contributed by atoms with Crippen molar-refractivity contribution in [2.24, 2.45) is 0 Å². The standard InChI is InChI=1S/C31H27ClN4OS/c32-25-14-10-22(11-15-25)20-38-31-35-28-16-17-33-18-29(28)36(31)19-21-8-12-24(13-9-21)30(37)34-27-7-3-5-23-4-1-2-6-26(23)27/h1-2,4,6,8-18,27H,3,5,7,19-20H2,(H,34,37)/t27-/m1/s1. The number of rotatable bonds is 7. The number of aryl methyl sites for hydroxylation is 1. The second-order valence-electron chi connectivity index (χ2n) is 9.57. The predicted octanol–water partition coefficient (Wildman–Crippen LogP) is 7.23. The monoisotopic (exact) mass is 538 g/mol. The molecule has 1 amide bonds. The third-order valence-electron chi connectivity index (χ3n) is 7.03. The molecule has 0 spiro atoms. The number of benzene rings is 3. The van der Waals surface area contributed by atoms with Crippen LogP contribution in [-0.2, 0) is 18.7 Å². The number of carbonyl (C=O) groups excluding carboxylic acids is 1. The molecule has 1 N–H and O–H groups in total. The highest BCUT2D eigenvalue weighted by Gasteiger charge is 2.22. The van der Waals surface area contributed by atoms with Gasteiger partial charge in [-0.15, -0.1) is 0 Å². The molecular formula is C31H27ClN4OS. The van der Waals surface area contributed by atoms with E-state index in [2.05, 4.69) is 39.1 Å². The Bertz CT molecular complexity index is 1580. The van der Waals surface area contributed by atoms with Crippen molar-refractivity contribution in [2.45, 2.75) is 42.8 Å². The molecule has 0 saturated heterocycles. The van der Waals surface area contributed by atoms with Crippen molar-refractivity contribution < 1.29 is 4.79 Å². The number of amides is 1. The van der Waals surface area contributed by atoms with Crippen LogP contribution in [0.2, 0.25) is 5.02 Å². The summed E-state index contributed by atoms with van der Waals surface area (Å²) in [6.07, 6.45) is 6.77. The minimum atomic E-state index is -0.0326. The first-order valence-electron chi connectivity index (χ1n) is 12.8. The van der Waals surface area contributed by atoms with Crippen molar-refractivity contribution in [3.8, 4) is 0 Å². The Hall–Kier alpha value is -3.61. The van der Waals surface area contributed by atoms with Crippen molar-refractivity contribution in [3.63, 3.8) is 0 Å². The number of aromatic nitrogens is 3. The fourth-order valence-electron chi connectivity index (χ4n) is 5.03. The summed E-state index contributed by atoms with van der Waals surface area (Å²) in [6.45, 7) is 0.642. The molecule has 5 nitrogen and oxygen atoms in total. The number of fused-ring (bicyclic) bond motifs is 2. The van der Waals surface area contributed by atoms with E-state index in [9.17, 15) is 4.79 Å². The van der Waals surface area contributed by atoms with E-state index in [1.54, 1.807) is 18.0 Å². The number of nitrogens with zero attached hydrogens (tertiary/aromatic N) is 3. The van der Waals surface area contributed by atoms with Crippen molar-refractivity contribution >= 4 is 40.3 Å². The van der Waals surface area contributed by atoms with Crippen LogP contribution >= 0.6 is 23.4 Å². The Morgan fingerprint density at radius 3 is 2.63 bits per heavy atom. The smallest absolute Gasteiger partial charge is 0.251 e. The number of halogens is 1. The Morgan fingerprint density at radius 1 is 1.00 bits per heavy atom. The number of imidazole rings is 1. The zero-order valence-corrected chi connectivity index (χ0v) is 22.4. The minimum absolute atomic E-state index is 0.0326. The van der Waals surface area contributed by atoms with E-state index in [1.165, 1.54) is 16.7 Å². The molecule has 1 atom stereocenters. The largest absolute Gasteiger partial charge is 0.345 e. The maximum absolute atomic E-state index is 13.1. The number of nitrogens with one attached hydrogen (secondary N) is 1. The van der Waals surface area contributed by atoms with Gasteiger partial charge in [0.25, 0.3) is 5.91 Å². The highest BCUT2D eigenvalue weighted by molar-refractivity contribution is 7.98. The molecular weight excluding hydrogens is 512 g/mol. The van der Waals surface area contributed by atoms with Crippen LogP contribution < -0.4 is 5.32 Å². The second kappa shape index (κ2) is 11.0. The van der Waals surface area contributed by atoms with Gasteiger partial charge >= 0.3 is 0 Å². The zero-order chi connectivity index (χ0) is 25.9. The van der Waals surface area contributed by atoms with Crippen LogP contribution in [0.25, 0.3) is 11.0 Å². The zero-order valence-electron chi connectivity index (χ0n) is 20.8. The van der Waals surface area contributed by atoms with E-state index in [1.807, 2.05) is 60.8 Å². The van der Waals surface area contributed by atoms with Gasteiger partial charge in [-0.25, -0.2) is 4.98 Å². The van der Waals surface area contributed by atoms with E-state index in [-0.39, 0.29) is 11.9 Å². The Morgan fingerprint density at radius 2 is 1.79 bits per heavy atom. The molecule has 0 radical (unpaired) electrons. The van der Waals surface area contributed by atoms with Gasteiger partial charge in [-0.3, -0.25) is 9.78 Å². The molecule has 2 heterocycles. The van der Waals surface area contributed by atoms with E-state index in [4.69, 9.17) is 16.6 Å². The molecule has 1 aliphatic carbocycles. The Kier molecular flexibility index (Phi) is 7.16. The van der Waals surface area contributed by atoms with Crippen LogP contribution in [0.15, 0.2) is 96.4 Å². The van der Waals surface area contributed by atoms with Crippen molar-refractivity contribution in [1.82, 2.24) is 19.9 Å². The van der Waals surface area contributed by atoms with Gasteiger partial charge in [0.1, 0.15) is 0 Å². The molecule has 0 aliphatic heterocycles. The summed E-state index contributed by atoms with van der Waals surface area (Å²) in [5, 5.41) is 4.92. The third kappa shape index (κ3) is 5.33. The molecule has 0 fully saturated rings. The summed E-state index contributed by atoms with van der Waals surface area (Å²) in [7, 11) is 0. The first-order chi connectivity index (χ1) is 18.6. The summed E-state index contributed by atoms with van der Waals surface area (Å²) in [5.41, 5.74) is 7.45. The number of thioether (sulfide) groups is 1. The van der Waals surface area contributed by atoms with E-state index < -0.39 is 0 Å². The maximum Gasteiger partial charge on any atom is 0.251 e. The lowest BCUT2D eigenvalue weighted by molar-refractivity contribution is 0.0932. The van der Waals surface area contributed by atoms with Crippen LogP contribution in [0, 0.1) is 0 Å². The molecule has 2 aromatic heterocycles. The summed E-state index contributed by atoms with van der Waals surface area (Å²) in [4.78, 5) is 22.3. The topological polar surface area (TPSA) is 59.8 Å². The molecule has 1 aliphatic rings. The van der Waals surface area contributed by atoms with E-state index in [0.29, 0.717) is 12.1 Å². The summed E-state index contributed by atoms with van der Waals surface area (Å²) < 4.78 is 2.19. The van der Waals surface area contributed by atoms with Crippen LogP contribution in [0.4, 0.5) is 0 Å². The van der Waals surface area contributed by atoms with Crippen LogP contribution in [0.1, 0.15) is 51.5 Å². The highest BCUT2D eigenvalue weighted by Crippen LogP contribution is 2.30. The van der Waals surface area contributed by atoms with Gasteiger partial charge in [0.05, 0.1) is 29.8 Å². The average molecular weight is 539 g/mol. The van der Waals surface area contributed by atoms with E-state index in [0.717, 1.165) is 51.8 Å². The molecule has 38 heavy (non-hydrogen) atoms. The van der Waals surface area contributed by atoms with Crippen molar-refractivity contribution in [2.75, 3.05) is 0 Å². The molecule has 190 valence electrons. The summed E-state index contributed by atoms with van der Waals surface area (Å²) >= 11 is 7.73. The quantitative estimate of drug-likeness (QED) is 0.222. The van der Waals surface area contributed by atoms with Gasteiger partial charge in [-0.1, -0.05) is 71.9 Å². The van der Waals surface area contributed by atoms with Gasteiger partial charge in [-0.05, 0) is 71.8 Å². The number of carbonyl (C=O) groups is 1. The molecule has 6 rings (SSSR count). The first-order valence-corrected chi connectivity index (χ1v) is 14.2. The normalized spacial score (nSPS) is 14.8. The number of pyridine rings is 1. The molecule has 0 saturated carbocycles. The Labute approximate surface area is 231 Å². The molecule has 7 heteroatoms. The maximum atomic E-state index is 13.1. The predicted molar refractivity (Wildman–Crippen MR) is 154 cm³/mol. The van der Waals surface area contributed by atoms with Gasteiger partial charge in [-0.2, -0.15) is 0 Å². The van der Waals surface area contributed by atoms with Gasteiger partial charge in [0.15, 0.2) is 5.16 Å². The lowest BCUT2D eigenvalue weighted by Gasteiger charge is -2.26. The van der Waals surface area contributed by atoms with Gasteiger partial charge in [0, 0.05) is 22.5 Å². The summed E-state index contributed by atoms with van der Waals surface area (Å²) in [5.74, 6) is 0.756. The third-order valence-corrected chi connectivity index (χ3v) is 8.33. The second-order valence-corrected chi connectivity index (χ2v) is 11.0. The first kappa shape index (κ1) is 24.7. The fraction of sp³-hybridized carbons (Fsp3) is 0.194. The SMILES string of the molecule is O=C(N[C@@H]1CCCc2ccccc21)c1ccc(Cn2c(SCc3ccc(Cl)cc3)nc3ccncc32)cc1. The highest BCUT2D eigenvalue weighted by atomic mass is 35.5. The lowest BCUT2D eigenvalue weighted by Crippen LogP contribution is -2.30. The van der Waals surface area contributed by atoms with Crippen LogP contribution in [-0.4, -0.2) is 20.4 Å². The molecule has 0 unspecified atom stereocenters. The minimum Gasteiger partial charge on any atom is -0.345 e. The van der Waals surface area contributed by atoms with Gasteiger partial charge in [0.2, 0.25) is 0 Å². The fourth-order valence-corrected chi connectivity index (χ4v) is 6.12. The van der Waals surface area contributed by atoms with Crippen molar-refractivity contribution in [1.29, 1.82) is 0 Å². The van der Waals surface area contributed by atoms with Gasteiger partial charge < -0.3 is 9.88 Å². The molecule has 0 bridgehead atoms. The van der Waals surface area contributed by atoms with Crippen LogP contribution in [0.5, 0.6) is 0 Å². The molecule has 3 aromatic carbocycles. The lowest BCUT2D eigenvalue weighted by atomic mass is 9.87. The van der Waals surface area contributed by atoms with Crippen LogP contribution in [0.3, 0.4) is 0 Å². The molecule has 5 aromatic rings. The number of hydrogen-bond donors (Lipinski definition) is 1. The van der Waals surface area contributed by atoms with Crippen molar-refractivity contribution in [3.05, 3.63) is 124 Å². The van der Waals surface area contributed by atoms with E-state index >= 15 is 0 Å². The number of hydrogen-bond acceptors (Lipinski definition) is 4. The summed E-state index contributed by atoms with van der Waals surface area (Å²) in [6, 6.07) is 26.2.